The van der Waals surface area contributed by atoms with Crippen molar-refractivity contribution >= 4 is 21.7 Å². The van der Waals surface area contributed by atoms with E-state index in [1.807, 2.05) is 13.0 Å². The van der Waals surface area contributed by atoms with Crippen LogP contribution in [0.3, 0.4) is 0 Å². The number of hydrogen-bond donors (Lipinski definition) is 1. The van der Waals surface area contributed by atoms with Gasteiger partial charge in [-0.1, -0.05) is 6.07 Å². The number of methoxy groups -OCH3 is 2. The van der Waals surface area contributed by atoms with Gasteiger partial charge in [-0.2, -0.15) is 0 Å². The van der Waals surface area contributed by atoms with Gasteiger partial charge in [-0.05, 0) is 37.6 Å². The zero-order chi connectivity index (χ0) is 18.1. The van der Waals surface area contributed by atoms with Gasteiger partial charge in [0.1, 0.15) is 16.3 Å². The van der Waals surface area contributed by atoms with Crippen LogP contribution in [0.4, 0.5) is 5.69 Å². The number of ether oxygens (including phenoxy) is 2. The second kappa shape index (κ2) is 6.56. The van der Waals surface area contributed by atoms with Crippen molar-refractivity contribution in [1.29, 1.82) is 0 Å². The van der Waals surface area contributed by atoms with Crippen molar-refractivity contribution < 1.29 is 22.7 Å². The molecule has 0 radical (unpaired) electrons. The van der Waals surface area contributed by atoms with Crippen molar-refractivity contribution in [3.8, 4) is 5.75 Å². The van der Waals surface area contributed by atoms with Gasteiger partial charge in [-0.3, -0.25) is 4.72 Å². The maximum Gasteiger partial charge on any atom is 0.354 e. The number of hydrogen-bond acceptors (Lipinski definition) is 5. The highest BCUT2D eigenvalue weighted by molar-refractivity contribution is 7.92. The fraction of sp³-hybridized carbons (Fsp3) is 0.312. The summed E-state index contributed by atoms with van der Waals surface area (Å²) in [6, 6.07) is 6.48. The van der Waals surface area contributed by atoms with Crippen molar-refractivity contribution in [1.82, 2.24) is 4.57 Å². The van der Waals surface area contributed by atoms with Gasteiger partial charge >= 0.3 is 5.97 Å². The van der Waals surface area contributed by atoms with Crippen LogP contribution in [0.5, 0.6) is 5.75 Å². The van der Waals surface area contributed by atoms with Crippen molar-refractivity contribution in [3.05, 3.63) is 41.2 Å². The molecule has 0 bridgehead atoms. The number of aryl methyl sites for hydroxylation is 1. The standard InChI is InChI=1S/C16H20N2O5S/c1-10-6-7-14(22-4)12(8-10)17-24(20,21)15-9-13(16(19)23-5)18(3)11(15)2/h6-9,17H,1-5H3. The van der Waals surface area contributed by atoms with Crippen LogP contribution in [0, 0.1) is 13.8 Å². The Hall–Kier alpha value is -2.48. The molecule has 2 rings (SSSR count). The molecule has 0 saturated heterocycles. The number of carbonyl (C=O) groups excluding carboxylic acids is 1. The molecule has 24 heavy (non-hydrogen) atoms. The van der Waals surface area contributed by atoms with Gasteiger partial charge in [-0.15, -0.1) is 0 Å². The number of rotatable bonds is 5. The number of anilines is 1. The SMILES string of the molecule is COC(=O)c1cc(S(=O)(=O)Nc2cc(C)ccc2OC)c(C)n1C. The maximum atomic E-state index is 12.7. The van der Waals surface area contributed by atoms with Gasteiger partial charge in [0, 0.05) is 12.7 Å². The van der Waals surface area contributed by atoms with E-state index in [0.29, 0.717) is 17.1 Å². The molecule has 0 atom stereocenters. The van der Waals surface area contributed by atoms with Gasteiger partial charge in [0.15, 0.2) is 0 Å². The van der Waals surface area contributed by atoms with E-state index in [4.69, 9.17) is 4.74 Å². The fourth-order valence-corrected chi connectivity index (χ4v) is 3.70. The van der Waals surface area contributed by atoms with Crippen LogP contribution < -0.4 is 9.46 Å². The van der Waals surface area contributed by atoms with Crippen LogP contribution in [0.1, 0.15) is 21.7 Å². The summed E-state index contributed by atoms with van der Waals surface area (Å²) in [6.45, 7) is 3.47. The zero-order valence-electron chi connectivity index (χ0n) is 14.2. The molecule has 1 aromatic heterocycles. The van der Waals surface area contributed by atoms with Gasteiger partial charge in [0.05, 0.1) is 19.9 Å². The fourth-order valence-electron chi connectivity index (χ4n) is 2.35. The minimum atomic E-state index is -3.90. The van der Waals surface area contributed by atoms with Crippen molar-refractivity contribution in [2.75, 3.05) is 18.9 Å². The van der Waals surface area contributed by atoms with E-state index in [9.17, 15) is 13.2 Å². The molecule has 0 spiro atoms. The summed E-state index contributed by atoms with van der Waals surface area (Å²) in [5.74, 6) is -0.193. The molecule has 0 amide bonds. The Bertz CT molecular complexity index is 884. The first-order chi connectivity index (χ1) is 11.2. The first kappa shape index (κ1) is 17.9. The third-order valence-electron chi connectivity index (χ3n) is 3.77. The Morgan fingerprint density at radius 1 is 1.17 bits per heavy atom. The zero-order valence-corrected chi connectivity index (χ0v) is 15.0. The van der Waals surface area contributed by atoms with E-state index in [-0.39, 0.29) is 10.6 Å². The number of nitrogens with zero attached hydrogens (tertiary/aromatic N) is 1. The van der Waals surface area contributed by atoms with E-state index in [1.54, 1.807) is 26.1 Å². The molecule has 1 aromatic carbocycles. The van der Waals surface area contributed by atoms with E-state index in [1.165, 1.54) is 24.9 Å². The molecular formula is C16H20N2O5S. The Morgan fingerprint density at radius 2 is 1.83 bits per heavy atom. The van der Waals surface area contributed by atoms with E-state index in [2.05, 4.69) is 9.46 Å². The van der Waals surface area contributed by atoms with Crippen molar-refractivity contribution in [2.45, 2.75) is 18.7 Å². The molecule has 0 aliphatic carbocycles. The second-order valence-corrected chi connectivity index (χ2v) is 6.99. The molecule has 1 heterocycles. The van der Waals surface area contributed by atoms with Gasteiger partial charge in [-0.25, -0.2) is 13.2 Å². The highest BCUT2D eigenvalue weighted by Gasteiger charge is 2.25. The highest BCUT2D eigenvalue weighted by atomic mass is 32.2. The predicted molar refractivity (Wildman–Crippen MR) is 90.0 cm³/mol. The topological polar surface area (TPSA) is 86.6 Å². The number of aromatic nitrogens is 1. The first-order valence-electron chi connectivity index (χ1n) is 7.13. The second-order valence-electron chi connectivity index (χ2n) is 5.34. The monoisotopic (exact) mass is 352 g/mol. The summed E-state index contributed by atoms with van der Waals surface area (Å²) in [6.07, 6.45) is 0. The smallest absolute Gasteiger partial charge is 0.354 e. The molecule has 130 valence electrons. The Kier molecular flexibility index (Phi) is 4.88. The lowest BCUT2D eigenvalue weighted by Gasteiger charge is -2.12. The molecular weight excluding hydrogens is 332 g/mol. The summed E-state index contributed by atoms with van der Waals surface area (Å²) in [4.78, 5) is 11.8. The normalized spacial score (nSPS) is 11.2. The lowest BCUT2D eigenvalue weighted by atomic mass is 10.2. The van der Waals surface area contributed by atoms with Crippen molar-refractivity contribution in [2.24, 2.45) is 7.05 Å². The lowest BCUT2D eigenvalue weighted by Crippen LogP contribution is -2.14. The van der Waals surface area contributed by atoms with Crippen LogP contribution in [-0.2, 0) is 21.8 Å². The molecule has 8 heteroatoms. The summed E-state index contributed by atoms with van der Waals surface area (Å²) in [7, 11) is 0.418. The minimum absolute atomic E-state index is 0.00830. The van der Waals surface area contributed by atoms with Crippen molar-refractivity contribution in [3.63, 3.8) is 0 Å². The molecule has 0 unspecified atom stereocenters. The van der Waals surface area contributed by atoms with Gasteiger partial charge in [0.2, 0.25) is 0 Å². The van der Waals surface area contributed by atoms with Crippen LogP contribution in [-0.4, -0.2) is 33.2 Å². The van der Waals surface area contributed by atoms with Crippen LogP contribution in [0.15, 0.2) is 29.2 Å². The molecule has 2 aromatic rings. The average Bonchev–Trinajstić information content (AvgIpc) is 2.83. The molecule has 0 aliphatic rings. The third kappa shape index (κ3) is 3.23. The lowest BCUT2D eigenvalue weighted by molar-refractivity contribution is 0.0589. The number of carbonyl (C=O) groups is 1. The highest BCUT2D eigenvalue weighted by Crippen LogP contribution is 2.29. The van der Waals surface area contributed by atoms with E-state index >= 15 is 0 Å². The molecule has 0 fully saturated rings. The van der Waals surface area contributed by atoms with Gasteiger partial charge < -0.3 is 14.0 Å². The molecule has 7 nitrogen and oxygen atoms in total. The maximum absolute atomic E-state index is 12.7. The number of sulfonamides is 1. The number of benzene rings is 1. The number of esters is 1. The van der Waals surface area contributed by atoms with Crippen LogP contribution in [0.25, 0.3) is 0 Å². The Balaban J connectivity index is 2.49. The quantitative estimate of drug-likeness (QED) is 0.834. The molecule has 0 aliphatic heterocycles. The summed E-state index contributed by atoms with van der Waals surface area (Å²) < 4.78 is 39.4. The third-order valence-corrected chi connectivity index (χ3v) is 5.25. The van der Waals surface area contributed by atoms with E-state index < -0.39 is 16.0 Å². The van der Waals surface area contributed by atoms with Crippen LogP contribution >= 0.6 is 0 Å². The van der Waals surface area contributed by atoms with E-state index in [0.717, 1.165) is 5.56 Å². The molecule has 0 saturated carbocycles. The Labute approximate surface area is 141 Å². The summed E-state index contributed by atoms with van der Waals surface area (Å²) in [5, 5.41) is 0. The average molecular weight is 352 g/mol. The largest absolute Gasteiger partial charge is 0.495 e. The minimum Gasteiger partial charge on any atom is -0.495 e. The molecule has 1 N–H and O–H groups in total. The number of nitrogens with one attached hydrogen (secondary N) is 1. The summed E-state index contributed by atoms with van der Waals surface area (Å²) >= 11 is 0. The van der Waals surface area contributed by atoms with Gasteiger partial charge in [0.25, 0.3) is 10.0 Å². The van der Waals surface area contributed by atoms with Crippen LogP contribution in [0.2, 0.25) is 0 Å². The first-order valence-corrected chi connectivity index (χ1v) is 8.61. The Morgan fingerprint density at radius 3 is 2.42 bits per heavy atom. The summed E-state index contributed by atoms with van der Waals surface area (Å²) in [5.41, 5.74) is 1.80. The predicted octanol–water partition coefficient (Wildman–Crippen LogP) is 2.24.